The summed E-state index contributed by atoms with van der Waals surface area (Å²) in [6, 6.07) is 13.3. The molecule has 0 aliphatic heterocycles. The van der Waals surface area contributed by atoms with E-state index in [2.05, 4.69) is 26.0 Å². The predicted octanol–water partition coefficient (Wildman–Crippen LogP) is 4.24. The van der Waals surface area contributed by atoms with Crippen LogP contribution < -0.4 is 5.73 Å². The maximum Gasteiger partial charge on any atom is 0.337 e. The zero-order valence-electron chi connectivity index (χ0n) is 11.5. The summed E-state index contributed by atoms with van der Waals surface area (Å²) in [7, 11) is 0. The molecule has 0 heterocycles. The number of hydrogen-bond acceptors (Lipinski definition) is 3. The summed E-state index contributed by atoms with van der Waals surface area (Å²) in [5.74, 6) is -0.505. The van der Waals surface area contributed by atoms with Gasteiger partial charge in [0.25, 0.3) is 0 Å². The molecule has 3 N–H and O–H groups in total. The van der Waals surface area contributed by atoms with Crippen LogP contribution in [0.25, 0.3) is 0 Å². The van der Waals surface area contributed by atoms with E-state index in [4.69, 9.17) is 10.8 Å². The lowest BCUT2D eigenvalue weighted by Gasteiger charge is -2.09. The number of anilines is 1. The van der Waals surface area contributed by atoms with Gasteiger partial charge in [0, 0.05) is 9.79 Å². The Morgan fingerprint density at radius 3 is 2.35 bits per heavy atom. The summed E-state index contributed by atoms with van der Waals surface area (Å²) in [6.45, 7) is 4.30. The monoisotopic (exact) mass is 287 g/mol. The molecule has 0 saturated carbocycles. The number of carboxylic acids is 1. The molecule has 104 valence electrons. The van der Waals surface area contributed by atoms with Gasteiger partial charge in [0.05, 0.1) is 11.3 Å². The Kier molecular flexibility index (Phi) is 4.35. The number of benzene rings is 2. The van der Waals surface area contributed by atoms with Crippen LogP contribution in [-0.2, 0) is 0 Å². The molecule has 0 aromatic heterocycles. The van der Waals surface area contributed by atoms with Gasteiger partial charge in [-0.2, -0.15) is 0 Å². The third-order valence-electron chi connectivity index (χ3n) is 3.07. The van der Waals surface area contributed by atoms with Crippen molar-refractivity contribution in [3.05, 3.63) is 53.6 Å². The number of para-hydroxylation sites is 1. The predicted molar refractivity (Wildman–Crippen MR) is 82.5 cm³/mol. The summed E-state index contributed by atoms with van der Waals surface area (Å²) < 4.78 is 0. The van der Waals surface area contributed by atoms with Crippen molar-refractivity contribution >= 4 is 23.4 Å². The van der Waals surface area contributed by atoms with E-state index in [1.165, 1.54) is 23.4 Å². The Morgan fingerprint density at radius 1 is 1.15 bits per heavy atom. The lowest BCUT2D eigenvalue weighted by Crippen LogP contribution is -2.03. The number of nitrogen functional groups attached to an aromatic ring is 1. The van der Waals surface area contributed by atoms with E-state index in [1.807, 2.05) is 18.2 Å². The molecule has 0 amide bonds. The van der Waals surface area contributed by atoms with Gasteiger partial charge in [0.2, 0.25) is 0 Å². The Bertz CT molecular complexity index is 621. The molecule has 3 nitrogen and oxygen atoms in total. The number of carbonyl (C=O) groups is 1. The fourth-order valence-corrected chi connectivity index (χ4v) is 2.76. The van der Waals surface area contributed by atoms with Crippen LogP contribution in [0.1, 0.15) is 35.7 Å². The molecule has 2 aromatic rings. The van der Waals surface area contributed by atoms with Crippen LogP contribution in [0.5, 0.6) is 0 Å². The van der Waals surface area contributed by atoms with Crippen molar-refractivity contribution < 1.29 is 9.90 Å². The number of carboxylic acid groups (broad SMARTS) is 1. The lowest BCUT2D eigenvalue weighted by atomic mass is 10.0. The molecule has 0 bridgehead atoms. The third-order valence-corrected chi connectivity index (χ3v) is 4.15. The van der Waals surface area contributed by atoms with Gasteiger partial charge in [-0.3, -0.25) is 0 Å². The molecule has 2 aromatic carbocycles. The van der Waals surface area contributed by atoms with Crippen molar-refractivity contribution in [1.29, 1.82) is 0 Å². The molecular weight excluding hydrogens is 270 g/mol. The van der Waals surface area contributed by atoms with Crippen molar-refractivity contribution in [3.63, 3.8) is 0 Å². The first-order chi connectivity index (χ1) is 9.49. The summed E-state index contributed by atoms with van der Waals surface area (Å²) in [5, 5.41) is 9.06. The molecule has 0 radical (unpaired) electrons. The highest BCUT2D eigenvalue weighted by molar-refractivity contribution is 7.99. The molecular formula is C16H17NO2S. The standard InChI is InChI=1S/C16H17NO2S/c1-10(2)11-6-8-12(9-7-11)20-14-5-3-4-13(15(14)17)16(18)19/h3-10H,17H2,1-2H3,(H,18,19). The first-order valence-corrected chi connectivity index (χ1v) is 7.20. The van der Waals surface area contributed by atoms with Gasteiger partial charge in [0.15, 0.2) is 0 Å². The zero-order chi connectivity index (χ0) is 14.7. The maximum atomic E-state index is 11.1. The average molecular weight is 287 g/mol. The van der Waals surface area contributed by atoms with Crippen LogP contribution in [-0.4, -0.2) is 11.1 Å². The van der Waals surface area contributed by atoms with E-state index in [1.54, 1.807) is 6.07 Å². The Morgan fingerprint density at radius 2 is 1.80 bits per heavy atom. The fourth-order valence-electron chi connectivity index (χ4n) is 1.87. The highest BCUT2D eigenvalue weighted by Crippen LogP contribution is 2.34. The van der Waals surface area contributed by atoms with E-state index < -0.39 is 5.97 Å². The minimum absolute atomic E-state index is 0.147. The van der Waals surface area contributed by atoms with Gasteiger partial charge in [-0.05, 0) is 35.7 Å². The highest BCUT2D eigenvalue weighted by Gasteiger charge is 2.11. The number of hydrogen-bond donors (Lipinski definition) is 2. The Balaban J connectivity index is 2.26. The topological polar surface area (TPSA) is 63.3 Å². The highest BCUT2D eigenvalue weighted by atomic mass is 32.2. The molecule has 20 heavy (non-hydrogen) atoms. The van der Waals surface area contributed by atoms with Crippen molar-refractivity contribution in [2.24, 2.45) is 0 Å². The zero-order valence-corrected chi connectivity index (χ0v) is 12.3. The largest absolute Gasteiger partial charge is 0.478 e. The van der Waals surface area contributed by atoms with Gasteiger partial charge >= 0.3 is 5.97 Å². The second kappa shape index (κ2) is 6.01. The minimum Gasteiger partial charge on any atom is -0.478 e. The first-order valence-electron chi connectivity index (χ1n) is 6.38. The van der Waals surface area contributed by atoms with Crippen LogP contribution in [0.15, 0.2) is 52.3 Å². The van der Waals surface area contributed by atoms with Crippen LogP contribution in [0.2, 0.25) is 0 Å². The van der Waals surface area contributed by atoms with Crippen molar-refractivity contribution in [3.8, 4) is 0 Å². The maximum absolute atomic E-state index is 11.1. The second-order valence-electron chi connectivity index (χ2n) is 4.85. The molecule has 2 rings (SSSR count). The molecule has 4 heteroatoms. The summed E-state index contributed by atoms with van der Waals surface area (Å²) in [5.41, 5.74) is 7.65. The van der Waals surface area contributed by atoms with Gasteiger partial charge in [-0.15, -0.1) is 0 Å². The smallest absolute Gasteiger partial charge is 0.337 e. The number of nitrogens with two attached hydrogens (primary N) is 1. The quantitative estimate of drug-likeness (QED) is 0.825. The van der Waals surface area contributed by atoms with E-state index in [9.17, 15) is 4.79 Å². The fraction of sp³-hybridized carbons (Fsp3) is 0.188. The van der Waals surface area contributed by atoms with E-state index in [-0.39, 0.29) is 5.56 Å². The van der Waals surface area contributed by atoms with Gasteiger partial charge in [-0.25, -0.2) is 4.79 Å². The SMILES string of the molecule is CC(C)c1ccc(Sc2cccc(C(=O)O)c2N)cc1. The summed E-state index contributed by atoms with van der Waals surface area (Å²) >= 11 is 1.48. The lowest BCUT2D eigenvalue weighted by molar-refractivity contribution is 0.0698. The van der Waals surface area contributed by atoms with Crippen molar-refractivity contribution in [2.75, 3.05) is 5.73 Å². The van der Waals surface area contributed by atoms with Crippen molar-refractivity contribution in [2.45, 2.75) is 29.6 Å². The molecule has 0 atom stereocenters. The van der Waals surface area contributed by atoms with Crippen LogP contribution in [0.4, 0.5) is 5.69 Å². The van der Waals surface area contributed by atoms with E-state index in [0.29, 0.717) is 11.6 Å². The van der Waals surface area contributed by atoms with E-state index in [0.717, 1.165) is 9.79 Å². The van der Waals surface area contributed by atoms with Gasteiger partial charge in [-0.1, -0.05) is 43.8 Å². The normalized spacial score (nSPS) is 10.8. The molecule has 0 saturated heterocycles. The van der Waals surface area contributed by atoms with E-state index >= 15 is 0 Å². The minimum atomic E-state index is -1.000. The summed E-state index contributed by atoms with van der Waals surface area (Å²) in [4.78, 5) is 12.9. The van der Waals surface area contributed by atoms with Gasteiger partial charge < -0.3 is 10.8 Å². The van der Waals surface area contributed by atoms with Crippen LogP contribution >= 0.6 is 11.8 Å². The average Bonchev–Trinajstić information content (AvgIpc) is 2.41. The molecule has 0 aliphatic rings. The van der Waals surface area contributed by atoms with Crippen LogP contribution in [0, 0.1) is 0 Å². The Hall–Kier alpha value is -1.94. The molecule has 0 spiro atoms. The number of aromatic carboxylic acids is 1. The van der Waals surface area contributed by atoms with Gasteiger partial charge in [0.1, 0.15) is 0 Å². The molecule has 0 aliphatic carbocycles. The first kappa shape index (κ1) is 14.5. The molecule has 0 unspecified atom stereocenters. The molecule has 0 fully saturated rings. The Labute approximate surface area is 122 Å². The number of rotatable bonds is 4. The second-order valence-corrected chi connectivity index (χ2v) is 5.96. The van der Waals surface area contributed by atoms with Crippen molar-refractivity contribution in [1.82, 2.24) is 0 Å². The summed E-state index contributed by atoms with van der Waals surface area (Å²) in [6.07, 6.45) is 0. The van der Waals surface area contributed by atoms with Crippen LogP contribution in [0.3, 0.4) is 0 Å². The third kappa shape index (κ3) is 3.14.